The summed E-state index contributed by atoms with van der Waals surface area (Å²) < 4.78 is 30.7. The van der Waals surface area contributed by atoms with Crippen LogP contribution in [0.25, 0.3) is 11.1 Å². The highest BCUT2D eigenvalue weighted by atomic mass is 19.1. The zero-order valence-corrected chi connectivity index (χ0v) is 23.3. The Morgan fingerprint density at radius 1 is 1.03 bits per heavy atom. The van der Waals surface area contributed by atoms with Crippen LogP contribution < -0.4 is 24.4 Å². The molecule has 4 rings (SSSR count). The molecule has 1 unspecified atom stereocenters. The molecule has 1 saturated heterocycles. The monoisotopic (exact) mass is 536 g/mol. The van der Waals surface area contributed by atoms with Crippen molar-refractivity contribution in [2.45, 2.75) is 46.6 Å². The summed E-state index contributed by atoms with van der Waals surface area (Å²) in [5.41, 5.74) is 3.53. The zero-order chi connectivity index (χ0) is 27.8. The highest BCUT2D eigenvalue weighted by molar-refractivity contribution is 5.96. The number of anilines is 1. The van der Waals surface area contributed by atoms with Gasteiger partial charge < -0.3 is 24.4 Å². The summed E-state index contributed by atoms with van der Waals surface area (Å²) in [5.74, 6) is 1.86. The van der Waals surface area contributed by atoms with E-state index < -0.39 is 0 Å². The molecule has 1 fully saturated rings. The summed E-state index contributed by atoms with van der Waals surface area (Å²) in [6.45, 7) is 9.44. The van der Waals surface area contributed by atoms with E-state index in [1.807, 2.05) is 36.9 Å². The number of hydrogen-bond donors (Lipinski definition) is 1. The molecule has 0 aliphatic carbocycles. The predicted octanol–water partition coefficient (Wildman–Crippen LogP) is 4.98. The highest BCUT2D eigenvalue weighted by Crippen LogP contribution is 2.41. The minimum Gasteiger partial charge on any atom is -0.493 e. The molecule has 0 radical (unpaired) electrons. The first-order chi connectivity index (χ1) is 18.9. The predicted molar refractivity (Wildman–Crippen MR) is 150 cm³/mol. The fourth-order valence-electron chi connectivity index (χ4n) is 5.24. The second kappa shape index (κ2) is 12.9. The van der Waals surface area contributed by atoms with Crippen LogP contribution in [0.5, 0.6) is 17.4 Å². The van der Waals surface area contributed by atoms with Crippen molar-refractivity contribution in [3.63, 3.8) is 0 Å². The molecule has 1 atom stereocenters. The number of methoxy groups -OCH3 is 1. The van der Waals surface area contributed by atoms with Crippen molar-refractivity contribution >= 4 is 11.6 Å². The van der Waals surface area contributed by atoms with Crippen LogP contribution in [0.1, 0.15) is 45.6 Å². The Labute approximate surface area is 230 Å². The van der Waals surface area contributed by atoms with Crippen LogP contribution in [-0.4, -0.2) is 44.3 Å². The van der Waals surface area contributed by atoms with Gasteiger partial charge in [-0.2, -0.15) is 0 Å². The van der Waals surface area contributed by atoms with Crippen LogP contribution in [-0.2, 0) is 11.3 Å². The number of carbonyl (C=O) groups excluding carboxylic acids is 1. The largest absolute Gasteiger partial charge is 0.493 e. The molecule has 39 heavy (non-hydrogen) atoms. The van der Waals surface area contributed by atoms with Gasteiger partial charge in [-0.05, 0) is 56.2 Å². The third-order valence-electron chi connectivity index (χ3n) is 7.43. The number of quaternary nitrogens is 1. The van der Waals surface area contributed by atoms with Gasteiger partial charge in [-0.15, -0.1) is 0 Å². The van der Waals surface area contributed by atoms with Crippen LogP contribution in [0.3, 0.4) is 0 Å². The van der Waals surface area contributed by atoms with Gasteiger partial charge in [0, 0.05) is 36.4 Å². The van der Waals surface area contributed by atoms with Crippen molar-refractivity contribution < 1.29 is 28.7 Å². The molecule has 0 saturated carbocycles. The average Bonchev–Trinajstić information content (AvgIpc) is 3.29. The molecular weight excluding hydrogens is 497 g/mol. The molecule has 7 nitrogen and oxygen atoms in total. The molecule has 2 heterocycles. The molecule has 0 spiro atoms. The SMILES string of the molecule is CCOc1cc(C[NH2+]CCC2(CC)CC(=O)N(c3ccc(OC)nc3)C2)cc(OCC)c1-c1ccc(F)cc1. The second-order valence-electron chi connectivity index (χ2n) is 9.94. The minimum atomic E-state index is -0.279. The molecule has 1 aliphatic heterocycles. The van der Waals surface area contributed by atoms with Crippen molar-refractivity contribution in [3.05, 3.63) is 66.1 Å². The maximum absolute atomic E-state index is 13.6. The van der Waals surface area contributed by atoms with E-state index in [2.05, 4.69) is 17.2 Å². The summed E-state index contributed by atoms with van der Waals surface area (Å²) in [5, 5.41) is 2.28. The fraction of sp³-hybridized carbons (Fsp3) is 0.419. The number of nitrogens with zero attached hydrogens (tertiary/aromatic N) is 2. The Kier molecular flexibility index (Phi) is 9.41. The van der Waals surface area contributed by atoms with Crippen LogP contribution in [0.2, 0.25) is 0 Å². The highest BCUT2D eigenvalue weighted by Gasteiger charge is 2.42. The number of benzene rings is 2. The quantitative estimate of drug-likeness (QED) is 0.312. The third kappa shape index (κ3) is 6.68. The summed E-state index contributed by atoms with van der Waals surface area (Å²) in [4.78, 5) is 19.1. The van der Waals surface area contributed by atoms with E-state index in [4.69, 9.17) is 14.2 Å². The lowest BCUT2D eigenvalue weighted by molar-refractivity contribution is -0.672. The van der Waals surface area contributed by atoms with Gasteiger partial charge in [-0.25, -0.2) is 9.37 Å². The van der Waals surface area contributed by atoms with Gasteiger partial charge in [0.1, 0.15) is 23.9 Å². The normalized spacial score (nSPS) is 16.9. The summed E-state index contributed by atoms with van der Waals surface area (Å²) in [7, 11) is 1.58. The number of rotatable bonds is 13. The molecule has 0 bridgehead atoms. The molecule has 1 aromatic heterocycles. The number of ether oxygens (including phenoxy) is 3. The van der Waals surface area contributed by atoms with Crippen LogP contribution in [0.15, 0.2) is 54.7 Å². The number of hydrogen-bond acceptors (Lipinski definition) is 5. The fourth-order valence-corrected chi connectivity index (χ4v) is 5.24. The first-order valence-electron chi connectivity index (χ1n) is 13.7. The number of amides is 1. The number of nitrogens with two attached hydrogens (primary N) is 1. The number of halogens is 1. The van der Waals surface area contributed by atoms with E-state index in [9.17, 15) is 9.18 Å². The van der Waals surface area contributed by atoms with Gasteiger partial charge in [-0.1, -0.05) is 19.1 Å². The molecule has 1 amide bonds. The maximum atomic E-state index is 13.6. The van der Waals surface area contributed by atoms with Gasteiger partial charge in [0.2, 0.25) is 11.8 Å². The lowest BCUT2D eigenvalue weighted by Crippen LogP contribution is -2.83. The molecular formula is C31H39FN3O4+. The van der Waals surface area contributed by atoms with Crippen LogP contribution in [0, 0.1) is 11.2 Å². The molecule has 1 aliphatic rings. The molecule has 208 valence electrons. The van der Waals surface area contributed by atoms with Crippen molar-refractivity contribution in [2.24, 2.45) is 5.41 Å². The Bertz CT molecular complexity index is 1220. The van der Waals surface area contributed by atoms with Gasteiger partial charge >= 0.3 is 0 Å². The van der Waals surface area contributed by atoms with E-state index in [0.29, 0.717) is 32.1 Å². The van der Waals surface area contributed by atoms with Gasteiger partial charge in [0.15, 0.2) is 0 Å². The summed E-state index contributed by atoms with van der Waals surface area (Å²) >= 11 is 0. The molecule has 3 aromatic rings. The summed E-state index contributed by atoms with van der Waals surface area (Å²) in [6.07, 6.45) is 4.11. The van der Waals surface area contributed by atoms with Gasteiger partial charge in [0.05, 0.1) is 44.3 Å². The standard InChI is InChI=1S/C31H38FN3O4/c1-5-31(18-29(36)35(21-31)25-12-13-28(37-4)34-20-25)14-15-33-19-22-16-26(38-6-2)30(27(17-22)39-7-3)23-8-10-24(32)11-9-23/h8-13,16-17,20,33H,5-7,14-15,18-19,21H2,1-4H3/p+1. The Balaban J connectivity index is 1.44. The lowest BCUT2D eigenvalue weighted by atomic mass is 9.81. The molecule has 2 aromatic carbocycles. The number of carbonyl (C=O) groups is 1. The lowest BCUT2D eigenvalue weighted by Gasteiger charge is -2.26. The molecule has 2 N–H and O–H groups in total. The summed E-state index contributed by atoms with van der Waals surface area (Å²) in [6, 6.07) is 14.2. The van der Waals surface area contributed by atoms with Crippen molar-refractivity contribution in [3.8, 4) is 28.5 Å². The number of pyridine rings is 1. The Morgan fingerprint density at radius 2 is 1.72 bits per heavy atom. The van der Waals surface area contributed by atoms with Crippen molar-refractivity contribution in [1.29, 1.82) is 0 Å². The first-order valence-corrected chi connectivity index (χ1v) is 13.7. The van der Waals surface area contributed by atoms with E-state index in [-0.39, 0.29) is 17.1 Å². The van der Waals surface area contributed by atoms with Crippen molar-refractivity contribution in [2.75, 3.05) is 38.3 Å². The minimum absolute atomic E-state index is 0.0626. The van der Waals surface area contributed by atoms with Gasteiger partial charge in [-0.3, -0.25) is 4.79 Å². The van der Waals surface area contributed by atoms with E-state index in [1.165, 1.54) is 12.1 Å². The zero-order valence-electron chi connectivity index (χ0n) is 23.3. The van der Waals surface area contributed by atoms with Crippen LogP contribution >= 0.6 is 0 Å². The van der Waals surface area contributed by atoms with Crippen LogP contribution in [0.4, 0.5) is 10.1 Å². The Morgan fingerprint density at radius 3 is 2.28 bits per heavy atom. The third-order valence-corrected chi connectivity index (χ3v) is 7.43. The smallest absolute Gasteiger partial charge is 0.227 e. The average molecular weight is 537 g/mol. The van der Waals surface area contributed by atoms with E-state index >= 15 is 0 Å². The van der Waals surface area contributed by atoms with Gasteiger partial charge in [0.25, 0.3) is 0 Å². The first kappa shape index (κ1) is 28.4. The Hall–Kier alpha value is -3.65. The molecule has 8 heteroatoms. The number of aromatic nitrogens is 1. The second-order valence-corrected chi connectivity index (χ2v) is 9.94. The topological polar surface area (TPSA) is 77.5 Å². The van der Waals surface area contributed by atoms with E-state index in [0.717, 1.165) is 59.8 Å². The van der Waals surface area contributed by atoms with E-state index in [1.54, 1.807) is 31.5 Å². The maximum Gasteiger partial charge on any atom is 0.227 e. The van der Waals surface area contributed by atoms with Crippen molar-refractivity contribution in [1.82, 2.24) is 4.98 Å².